The zero-order valence-electron chi connectivity index (χ0n) is 6.26. The van der Waals surface area contributed by atoms with E-state index in [-0.39, 0.29) is 0 Å². The SMILES string of the molecule is CCSC(=CC#N)SCC. The van der Waals surface area contributed by atoms with E-state index in [2.05, 4.69) is 13.8 Å². The Morgan fingerprint density at radius 2 is 1.90 bits per heavy atom. The Morgan fingerprint density at radius 3 is 2.20 bits per heavy atom. The fraction of sp³-hybridized carbons (Fsp3) is 0.571. The predicted octanol–water partition coefficient (Wildman–Crippen LogP) is 2.86. The summed E-state index contributed by atoms with van der Waals surface area (Å²) in [5.41, 5.74) is 0. The maximum absolute atomic E-state index is 8.34. The zero-order valence-corrected chi connectivity index (χ0v) is 7.89. The van der Waals surface area contributed by atoms with Crippen molar-refractivity contribution in [3.8, 4) is 6.07 Å². The summed E-state index contributed by atoms with van der Waals surface area (Å²) in [6.45, 7) is 4.18. The third-order valence-electron chi connectivity index (χ3n) is 0.756. The molecule has 0 aromatic carbocycles. The van der Waals surface area contributed by atoms with Crippen LogP contribution in [0.2, 0.25) is 0 Å². The van der Waals surface area contributed by atoms with Gasteiger partial charge < -0.3 is 0 Å². The second-order valence-electron chi connectivity index (χ2n) is 1.46. The molecule has 0 saturated heterocycles. The van der Waals surface area contributed by atoms with E-state index in [1.807, 2.05) is 6.07 Å². The minimum atomic E-state index is 1.04. The first kappa shape index (κ1) is 9.93. The van der Waals surface area contributed by atoms with Crippen molar-refractivity contribution < 1.29 is 0 Å². The van der Waals surface area contributed by atoms with Crippen molar-refractivity contribution in [3.63, 3.8) is 0 Å². The summed E-state index contributed by atoms with van der Waals surface area (Å²) in [6.07, 6.45) is 1.61. The molecule has 0 radical (unpaired) electrons. The van der Waals surface area contributed by atoms with Crippen molar-refractivity contribution >= 4 is 23.5 Å². The highest BCUT2D eigenvalue weighted by Crippen LogP contribution is 2.27. The average Bonchev–Trinajstić information content (AvgIpc) is 1.90. The molecular weight excluding hydrogens is 162 g/mol. The van der Waals surface area contributed by atoms with Gasteiger partial charge in [-0.2, -0.15) is 5.26 Å². The summed E-state index contributed by atoms with van der Waals surface area (Å²) in [5, 5.41) is 8.34. The largest absolute Gasteiger partial charge is 0.193 e. The molecule has 0 saturated carbocycles. The smallest absolute Gasteiger partial charge is 0.0929 e. The fourth-order valence-corrected chi connectivity index (χ4v) is 2.34. The van der Waals surface area contributed by atoms with Crippen LogP contribution in [0.3, 0.4) is 0 Å². The maximum atomic E-state index is 8.34. The van der Waals surface area contributed by atoms with Gasteiger partial charge in [0.2, 0.25) is 0 Å². The van der Waals surface area contributed by atoms with Crippen LogP contribution >= 0.6 is 23.5 Å². The highest BCUT2D eigenvalue weighted by molar-refractivity contribution is 8.22. The van der Waals surface area contributed by atoms with E-state index in [0.29, 0.717) is 0 Å². The van der Waals surface area contributed by atoms with Gasteiger partial charge in [-0.15, -0.1) is 23.5 Å². The first-order valence-electron chi connectivity index (χ1n) is 3.20. The molecule has 10 heavy (non-hydrogen) atoms. The quantitative estimate of drug-likeness (QED) is 0.611. The van der Waals surface area contributed by atoms with Gasteiger partial charge in [-0.05, 0) is 11.5 Å². The molecule has 56 valence electrons. The summed E-state index contributed by atoms with van der Waals surface area (Å²) in [6, 6.07) is 2.03. The molecule has 0 aromatic rings. The lowest BCUT2D eigenvalue weighted by Crippen LogP contribution is -1.72. The minimum Gasteiger partial charge on any atom is -0.193 e. The Bertz CT molecular complexity index is 138. The van der Waals surface area contributed by atoms with Crippen LogP contribution in [0.5, 0.6) is 0 Å². The number of hydrogen-bond donors (Lipinski definition) is 0. The van der Waals surface area contributed by atoms with E-state index >= 15 is 0 Å². The van der Waals surface area contributed by atoms with E-state index in [1.54, 1.807) is 29.6 Å². The predicted molar refractivity (Wildman–Crippen MR) is 50.0 cm³/mol. The number of nitriles is 1. The van der Waals surface area contributed by atoms with Gasteiger partial charge in [-0.1, -0.05) is 13.8 Å². The Kier molecular flexibility index (Phi) is 6.99. The van der Waals surface area contributed by atoms with Crippen molar-refractivity contribution in [2.75, 3.05) is 11.5 Å². The second-order valence-corrected chi connectivity index (χ2v) is 4.33. The molecular formula is C7H11NS2. The number of thioether (sulfide) groups is 2. The lowest BCUT2D eigenvalue weighted by atomic mass is 10.7. The fourth-order valence-electron chi connectivity index (χ4n) is 0.462. The molecule has 0 aliphatic carbocycles. The molecule has 0 spiro atoms. The standard InChI is InChI=1S/C7H11NS2/c1-3-9-7(5-6-8)10-4-2/h5H,3-4H2,1-2H3. The van der Waals surface area contributed by atoms with E-state index in [0.717, 1.165) is 15.7 Å². The number of allylic oxidation sites excluding steroid dienone is 1. The van der Waals surface area contributed by atoms with Gasteiger partial charge in [-0.3, -0.25) is 0 Å². The van der Waals surface area contributed by atoms with Gasteiger partial charge in [0, 0.05) is 6.08 Å². The zero-order chi connectivity index (χ0) is 7.82. The van der Waals surface area contributed by atoms with Crippen LogP contribution in [-0.4, -0.2) is 11.5 Å². The summed E-state index contributed by atoms with van der Waals surface area (Å²) in [5.74, 6) is 2.08. The van der Waals surface area contributed by atoms with Gasteiger partial charge in [0.1, 0.15) is 0 Å². The molecule has 0 fully saturated rings. The Labute approximate surface area is 70.9 Å². The van der Waals surface area contributed by atoms with E-state index < -0.39 is 0 Å². The van der Waals surface area contributed by atoms with Crippen LogP contribution in [0.25, 0.3) is 0 Å². The van der Waals surface area contributed by atoms with Gasteiger partial charge in [-0.25, -0.2) is 0 Å². The van der Waals surface area contributed by atoms with Crippen LogP contribution in [0.4, 0.5) is 0 Å². The molecule has 0 aliphatic rings. The van der Waals surface area contributed by atoms with Crippen LogP contribution < -0.4 is 0 Å². The van der Waals surface area contributed by atoms with Gasteiger partial charge >= 0.3 is 0 Å². The molecule has 3 heteroatoms. The summed E-state index contributed by atoms with van der Waals surface area (Å²) >= 11 is 3.45. The van der Waals surface area contributed by atoms with Crippen LogP contribution in [0.1, 0.15) is 13.8 Å². The van der Waals surface area contributed by atoms with Crippen LogP contribution in [-0.2, 0) is 0 Å². The van der Waals surface area contributed by atoms with Crippen LogP contribution in [0, 0.1) is 11.3 Å². The highest BCUT2D eigenvalue weighted by Gasteiger charge is 1.93. The van der Waals surface area contributed by atoms with E-state index in [4.69, 9.17) is 5.26 Å². The molecule has 0 N–H and O–H groups in total. The van der Waals surface area contributed by atoms with Gasteiger partial charge in [0.25, 0.3) is 0 Å². The third-order valence-corrected chi connectivity index (χ3v) is 2.84. The van der Waals surface area contributed by atoms with E-state index in [1.165, 1.54) is 0 Å². The molecule has 1 nitrogen and oxygen atoms in total. The van der Waals surface area contributed by atoms with E-state index in [9.17, 15) is 0 Å². The van der Waals surface area contributed by atoms with Crippen LogP contribution in [0.15, 0.2) is 10.3 Å². The Hall–Kier alpha value is -0.0700. The Morgan fingerprint density at radius 1 is 1.40 bits per heavy atom. The monoisotopic (exact) mass is 173 g/mol. The van der Waals surface area contributed by atoms with Crippen molar-refractivity contribution in [2.45, 2.75) is 13.8 Å². The number of rotatable bonds is 4. The third kappa shape index (κ3) is 4.78. The van der Waals surface area contributed by atoms with Crippen molar-refractivity contribution in [1.29, 1.82) is 5.26 Å². The normalized spacial score (nSPS) is 8.50. The van der Waals surface area contributed by atoms with Crippen molar-refractivity contribution in [1.82, 2.24) is 0 Å². The second kappa shape index (κ2) is 7.04. The topological polar surface area (TPSA) is 23.8 Å². The maximum Gasteiger partial charge on any atom is 0.0929 e. The number of nitrogens with zero attached hydrogens (tertiary/aromatic N) is 1. The molecule has 0 heterocycles. The molecule has 0 aliphatic heterocycles. The van der Waals surface area contributed by atoms with Gasteiger partial charge in [0.05, 0.1) is 10.3 Å². The highest BCUT2D eigenvalue weighted by atomic mass is 32.2. The molecule has 0 amide bonds. The average molecular weight is 173 g/mol. The van der Waals surface area contributed by atoms with Crippen molar-refractivity contribution in [2.24, 2.45) is 0 Å². The summed E-state index contributed by atoms with van der Waals surface area (Å²) in [7, 11) is 0. The molecule has 0 unspecified atom stereocenters. The van der Waals surface area contributed by atoms with Gasteiger partial charge in [0.15, 0.2) is 0 Å². The number of hydrogen-bond acceptors (Lipinski definition) is 3. The Balaban J connectivity index is 3.75. The summed E-state index contributed by atoms with van der Waals surface area (Å²) < 4.78 is 1.13. The minimum absolute atomic E-state index is 1.04. The summed E-state index contributed by atoms with van der Waals surface area (Å²) in [4.78, 5) is 0. The first-order valence-corrected chi connectivity index (χ1v) is 5.17. The molecule has 0 bridgehead atoms. The molecule has 0 aromatic heterocycles. The lowest BCUT2D eigenvalue weighted by Gasteiger charge is -1.98. The lowest BCUT2D eigenvalue weighted by molar-refractivity contribution is 1.52. The van der Waals surface area contributed by atoms with Crippen molar-refractivity contribution in [3.05, 3.63) is 10.3 Å². The first-order chi connectivity index (χ1) is 4.85. The molecule has 0 rings (SSSR count). The molecule has 0 atom stereocenters.